The Morgan fingerprint density at radius 2 is 1.76 bits per heavy atom. The third kappa shape index (κ3) is 4.81. The van der Waals surface area contributed by atoms with E-state index in [1.54, 1.807) is 4.90 Å². The van der Waals surface area contributed by atoms with Crippen LogP contribution in [0.2, 0.25) is 0 Å². The SMILES string of the molecule is CCN(C(=O)CN(C(C)=O)c1cc(C)cc(C)c1)C1CCS(=O)(=O)C1. The van der Waals surface area contributed by atoms with Crippen LogP contribution < -0.4 is 4.90 Å². The van der Waals surface area contributed by atoms with Crippen molar-refractivity contribution in [3.63, 3.8) is 0 Å². The molecular formula is C18H26N2O4S. The van der Waals surface area contributed by atoms with E-state index in [9.17, 15) is 18.0 Å². The molecule has 25 heavy (non-hydrogen) atoms. The molecule has 0 aliphatic carbocycles. The van der Waals surface area contributed by atoms with Crippen LogP contribution in [0.1, 0.15) is 31.4 Å². The van der Waals surface area contributed by atoms with E-state index in [4.69, 9.17) is 0 Å². The van der Waals surface area contributed by atoms with E-state index in [-0.39, 0.29) is 35.9 Å². The number of hydrogen-bond acceptors (Lipinski definition) is 4. The molecule has 1 aromatic rings. The molecule has 138 valence electrons. The zero-order valence-electron chi connectivity index (χ0n) is 15.3. The summed E-state index contributed by atoms with van der Waals surface area (Å²) in [6, 6.07) is 5.46. The molecule has 0 radical (unpaired) electrons. The lowest BCUT2D eigenvalue weighted by Crippen LogP contribution is -2.47. The molecule has 1 fully saturated rings. The highest BCUT2D eigenvalue weighted by molar-refractivity contribution is 7.91. The molecule has 7 heteroatoms. The second-order valence-corrected chi connectivity index (χ2v) is 8.92. The molecule has 1 heterocycles. The van der Waals surface area contributed by atoms with Crippen LogP contribution in [0.15, 0.2) is 18.2 Å². The van der Waals surface area contributed by atoms with Gasteiger partial charge in [-0.1, -0.05) is 6.07 Å². The van der Waals surface area contributed by atoms with Crippen LogP contribution in [0.3, 0.4) is 0 Å². The monoisotopic (exact) mass is 366 g/mol. The van der Waals surface area contributed by atoms with Crippen LogP contribution in [0, 0.1) is 13.8 Å². The van der Waals surface area contributed by atoms with E-state index in [0.29, 0.717) is 18.7 Å². The third-order valence-corrected chi connectivity index (χ3v) is 6.25. The maximum Gasteiger partial charge on any atom is 0.242 e. The summed E-state index contributed by atoms with van der Waals surface area (Å²) in [7, 11) is -3.07. The standard InChI is InChI=1S/C18H26N2O4S/c1-5-19(16-6-7-25(23,24)12-16)18(22)11-20(15(4)21)17-9-13(2)8-14(3)10-17/h8-10,16H,5-7,11-12H2,1-4H3. The van der Waals surface area contributed by atoms with Crippen molar-refractivity contribution in [2.45, 2.75) is 40.2 Å². The van der Waals surface area contributed by atoms with Gasteiger partial charge in [0.25, 0.3) is 0 Å². The van der Waals surface area contributed by atoms with Crippen LogP contribution in [0.5, 0.6) is 0 Å². The molecule has 2 amide bonds. The van der Waals surface area contributed by atoms with Gasteiger partial charge in [0.05, 0.1) is 11.5 Å². The topological polar surface area (TPSA) is 74.8 Å². The van der Waals surface area contributed by atoms with Gasteiger partial charge in [-0.05, 0) is 50.5 Å². The number of amides is 2. The van der Waals surface area contributed by atoms with Gasteiger partial charge in [0.1, 0.15) is 6.54 Å². The fourth-order valence-electron chi connectivity index (χ4n) is 3.38. The van der Waals surface area contributed by atoms with Crippen LogP contribution >= 0.6 is 0 Å². The van der Waals surface area contributed by atoms with Gasteiger partial charge in [-0.25, -0.2) is 8.42 Å². The Hall–Kier alpha value is -1.89. The van der Waals surface area contributed by atoms with Crippen LogP contribution in [-0.2, 0) is 19.4 Å². The summed E-state index contributed by atoms with van der Waals surface area (Å²) in [5.74, 6) is -0.307. The third-order valence-electron chi connectivity index (χ3n) is 4.50. The lowest BCUT2D eigenvalue weighted by atomic mass is 10.1. The van der Waals surface area contributed by atoms with Gasteiger partial charge >= 0.3 is 0 Å². The first kappa shape index (κ1) is 19.4. The predicted molar refractivity (Wildman–Crippen MR) is 98.4 cm³/mol. The Morgan fingerprint density at radius 1 is 1.16 bits per heavy atom. The van der Waals surface area contributed by atoms with Crippen molar-refractivity contribution in [2.24, 2.45) is 0 Å². The number of aryl methyl sites for hydroxylation is 2. The lowest BCUT2D eigenvalue weighted by Gasteiger charge is -2.30. The van der Waals surface area contributed by atoms with E-state index >= 15 is 0 Å². The van der Waals surface area contributed by atoms with Crippen molar-refractivity contribution in [3.05, 3.63) is 29.3 Å². The molecule has 0 saturated carbocycles. The van der Waals surface area contributed by atoms with Gasteiger partial charge < -0.3 is 9.80 Å². The first-order valence-electron chi connectivity index (χ1n) is 8.49. The average molecular weight is 366 g/mol. The molecule has 0 spiro atoms. The quantitative estimate of drug-likeness (QED) is 0.795. The van der Waals surface area contributed by atoms with Crippen LogP contribution in [0.25, 0.3) is 0 Å². The van der Waals surface area contributed by atoms with Crippen molar-refractivity contribution in [1.82, 2.24) is 4.90 Å². The molecule has 2 rings (SSSR count). The number of rotatable bonds is 5. The maximum absolute atomic E-state index is 12.8. The largest absolute Gasteiger partial charge is 0.337 e. The number of carbonyl (C=O) groups excluding carboxylic acids is 2. The summed E-state index contributed by atoms with van der Waals surface area (Å²) in [6.07, 6.45) is 0.464. The molecule has 1 aromatic carbocycles. The zero-order chi connectivity index (χ0) is 18.8. The number of hydrogen-bond donors (Lipinski definition) is 0. The summed E-state index contributed by atoms with van der Waals surface area (Å²) in [5.41, 5.74) is 2.72. The van der Waals surface area contributed by atoms with Crippen LogP contribution in [-0.4, -0.2) is 55.8 Å². The van der Waals surface area contributed by atoms with Gasteiger partial charge in [-0.3, -0.25) is 9.59 Å². The van der Waals surface area contributed by atoms with Gasteiger partial charge in [-0.15, -0.1) is 0 Å². The van der Waals surface area contributed by atoms with Crippen molar-refractivity contribution in [2.75, 3.05) is 29.5 Å². The van der Waals surface area contributed by atoms with Gasteiger partial charge in [0, 0.05) is 25.2 Å². The minimum Gasteiger partial charge on any atom is -0.337 e. The number of anilines is 1. The highest BCUT2D eigenvalue weighted by atomic mass is 32.2. The molecule has 1 unspecified atom stereocenters. The van der Waals surface area contributed by atoms with Crippen molar-refractivity contribution in [3.8, 4) is 0 Å². The van der Waals surface area contributed by atoms with Crippen LogP contribution in [0.4, 0.5) is 5.69 Å². The minimum absolute atomic E-state index is 0.0101. The summed E-state index contributed by atoms with van der Waals surface area (Å²) in [4.78, 5) is 27.9. The highest BCUT2D eigenvalue weighted by Gasteiger charge is 2.34. The summed E-state index contributed by atoms with van der Waals surface area (Å²) in [5, 5.41) is 0. The van der Waals surface area contributed by atoms with E-state index in [1.807, 2.05) is 39.0 Å². The zero-order valence-corrected chi connectivity index (χ0v) is 16.1. The molecule has 0 aromatic heterocycles. The summed E-state index contributed by atoms with van der Waals surface area (Å²) in [6.45, 7) is 7.50. The first-order chi connectivity index (χ1) is 11.6. The van der Waals surface area contributed by atoms with E-state index in [2.05, 4.69) is 0 Å². The lowest BCUT2D eigenvalue weighted by molar-refractivity contribution is -0.132. The number of benzene rings is 1. The van der Waals surface area contributed by atoms with Crippen molar-refractivity contribution < 1.29 is 18.0 Å². The fraction of sp³-hybridized carbons (Fsp3) is 0.556. The van der Waals surface area contributed by atoms with Crippen molar-refractivity contribution >= 4 is 27.3 Å². The Kier molecular flexibility index (Phi) is 5.87. The number of nitrogens with zero attached hydrogens (tertiary/aromatic N) is 2. The maximum atomic E-state index is 12.8. The smallest absolute Gasteiger partial charge is 0.242 e. The Bertz CT molecular complexity index is 753. The molecule has 0 N–H and O–H groups in total. The number of sulfone groups is 1. The van der Waals surface area contributed by atoms with Gasteiger partial charge in [-0.2, -0.15) is 0 Å². The second-order valence-electron chi connectivity index (χ2n) is 6.69. The second kappa shape index (κ2) is 7.56. The van der Waals surface area contributed by atoms with Crippen molar-refractivity contribution in [1.29, 1.82) is 0 Å². The van der Waals surface area contributed by atoms with E-state index in [0.717, 1.165) is 11.1 Å². The molecule has 0 bridgehead atoms. The molecule has 1 aliphatic rings. The molecule has 1 aliphatic heterocycles. The number of likely N-dealkylation sites (N-methyl/N-ethyl adjacent to an activating group) is 1. The summed E-state index contributed by atoms with van der Waals surface area (Å²) < 4.78 is 23.4. The highest BCUT2D eigenvalue weighted by Crippen LogP contribution is 2.21. The number of carbonyl (C=O) groups is 2. The predicted octanol–water partition coefficient (Wildman–Crippen LogP) is 1.69. The molecule has 1 saturated heterocycles. The Morgan fingerprint density at radius 3 is 2.20 bits per heavy atom. The molecular weight excluding hydrogens is 340 g/mol. The summed E-state index contributed by atoms with van der Waals surface area (Å²) >= 11 is 0. The van der Waals surface area contributed by atoms with Gasteiger partial charge in [0.15, 0.2) is 9.84 Å². The van der Waals surface area contributed by atoms with E-state index < -0.39 is 9.84 Å². The minimum atomic E-state index is -3.07. The van der Waals surface area contributed by atoms with Gasteiger partial charge in [0.2, 0.25) is 11.8 Å². The Labute approximate surface area is 149 Å². The first-order valence-corrected chi connectivity index (χ1v) is 10.3. The molecule has 1 atom stereocenters. The Balaban J connectivity index is 2.20. The normalized spacial score (nSPS) is 18.8. The average Bonchev–Trinajstić information content (AvgIpc) is 2.84. The van der Waals surface area contributed by atoms with E-state index in [1.165, 1.54) is 11.8 Å². The molecule has 6 nitrogen and oxygen atoms in total. The fourth-order valence-corrected chi connectivity index (χ4v) is 5.11.